The molecule has 3 amide bonds. The molecule has 0 unspecified atom stereocenters. The second-order valence-corrected chi connectivity index (χ2v) is 6.16. The summed E-state index contributed by atoms with van der Waals surface area (Å²) in [7, 11) is 1.81. The molecule has 124 valence electrons. The number of carbonyl (C=O) groups excluding carboxylic acids is 2. The molecule has 0 bridgehead atoms. The van der Waals surface area contributed by atoms with Crippen LogP contribution in [0.3, 0.4) is 0 Å². The molecule has 0 radical (unpaired) electrons. The number of furan rings is 1. The van der Waals surface area contributed by atoms with E-state index in [9.17, 15) is 9.59 Å². The lowest BCUT2D eigenvalue weighted by atomic mass is 10.2. The van der Waals surface area contributed by atoms with E-state index in [0.717, 1.165) is 11.3 Å². The molecule has 0 aliphatic heterocycles. The maximum atomic E-state index is 11.7. The number of nitrogens with zero attached hydrogens (tertiary/aromatic N) is 3. The van der Waals surface area contributed by atoms with E-state index in [1.54, 1.807) is 10.8 Å². The summed E-state index contributed by atoms with van der Waals surface area (Å²) in [6.45, 7) is 5.48. The number of rotatable bonds is 5. The smallest absolute Gasteiger partial charge is 0.321 e. The number of imide groups is 1. The number of urea groups is 1. The molecule has 2 N–H and O–H groups in total. The van der Waals surface area contributed by atoms with Crippen LogP contribution in [0.1, 0.15) is 19.6 Å². The van der Waals surface area contributed by atoms with E-state index in [4.69, 9.17) is 4.42 Å². The fourth-order valence-corrected chi connectivity index (χ4v) is 2.59. The van der Waals surface area contributed by atoms with Crippen LogP contribution in [0.2, 0.25) is 0 Å². The van der Waals surface area contributed by atoms with E-state index in [1.165, 1.54) is 11.8 Å². The number of thioether (sulfide) groups is 1. The molecule has 2 rings (SSSR count). The Balaban J connectivity index is 1.94. The van der Waals surface area contributed by atoms with Crippen LogP contribution in [0.5, 0.6) is 0 Å². The maximum absolute atomic E-state index is 11.7. The Kier molecular flexibility index (Phi) is 5.43. The van der Waals surface area contributed by atoms with Gasteiger partial charge in [0.1, 0.15) is 5.76 Å². The molecule has 0 spiro atoms. The Morgan fingerprint density at radius 1 is 1.39 bits per heavy atom. The first kappa shape index (κ1) is 17.1. The van der Waals surface area contributed by atoms with Gasteiger partial charge in [-0.05, 0) is 26.8 Å². The number of amides is 3. The van der Waals surface area contributed by atoms with Gasteiger partial charge < -0.3 is 14.3 Å². The average molecular weight is 337 g/mol. The standard InChI is InChI=1S/C14H19N5O3S/c1-8(2)15-13(21)16-11(20)7-23-14-18-17-12(19(14)4)10-5-6-22-9(10)3/h5-6,8H,7H2,1-4H3,(H2,15,16,20,21). The van der Waals surface area contributed by atoms with Crippen molar-refractivity contribution in [2.24, 2.45) is 7.05 Å². The molecule has 0 aromatic carbocycles. The van der Waals surface area contributed by atoms with Crippen LogP contribution in [0.15, 0.2) is 21.9 Å². The highest BCUT2D eigenvalue weighted by molar-refractivity contribution is 7.99. The minimum Gasteiger partial charge on any atom is -0.469 e. The molecule has 2 aromatic rings. The van der Waals surface area contributed by atoms with Crippen molar-refractivity contribution in [3.63, 3.8) is 0 Å². The van der Waals surface area contributed by atoms with Gasteiger partial charge in [0, 0.05) is 13.1 Å². The average Bonchev–Trinajstić information content (AvgIpc) is 3.01. The zero-order chi connectivity index (χ0) is 17.0. The van der Waals surface area contributed by atoms with Crippen LogP contribution in [0.25, 0.3) is 11.4 Å². The molecule has 23 heavy (non-hydrogen) atoms. The number of carbonyl (C=O) groups is 2. The Morgan fingerprint density at radius 3 is 2.74 bits per heavy atom. The number of hydrogen-bond donors (Lipinski definition) is 2. The summed E-state index contributed by atoms with van der Waals surface area (Å²) < 4.78 is 7.04. The Bertz CT molecular complexity index is 707. The molecule has 0 fully saturated rings. The number of hydrogen-bond acceptors (Lipinski definition) is 6. The first-order valence-electron chi connectivity index (χ1n) is 7.05. The molecule has 0 saturated carbocycles. The molecule has 0 aliphatic carbocycles. The van der Waals surface area contributed by atoms with Crippen LogP contribution in [-0.4, -0.2) is 38.5 Å². The second-order valence-electron chi connectivity index (χ2n) is 5.22. The zero-order valence-electron chi connectivity index (χ0n) is 13.4. The lowest BCUT2D eigenvalue weighted by molar-refractivity contribution is -0.117. The molecular weight excluding hydrogens is 318 g/mol. The lowest BCUT2D eigenvalue weighted by Gasteiger charge is -2.08. The fourth-order valence-electron chi connectivity index (χ4n) is 1.88. The number of nitrogens with one attached hydrogen (secondary N) is 2. The summed E-state index contributed by atoms with van der Waals surface area (Å²) in [4.78, 5) is 23.2. The lowest BCUT2D eigenvalue weighted by Crippen LogP contribution is -2.43. The number of aromatic nitrogens is 3. The van der Waals surface area contributed by atoms with Gasteiger partial charge in [0.05, 0.1) is 17.6 Å². The summed E-state index contributed by atoms with van der Waals surface area (Å²) >= 11 is 1.21. The monoisotopic (exact) mass is 337 g/mol. The van der Waals surface area contributed by atoms with Gasteiger partial charge in [-0.2, -0.15) is 0 Å². The first-order chi connectivity index (χ1) is 10.9. The van der Waals surface area contributed by atoms with Gasteiger partial charge in [0.2, 0.25) is 5.91 Å². The van der Waals surface area contributed by atoms with E-state index >= 15 is 0 Å². The van der Waals surface area contributed by atoms with Crippen molar-refractivity contribution in [3.8, 4) is 11.4 Å². The van der Waals surface area contributed by atoms with Crippen molar-refractivity contribution < 1.29 is 14.0 Å². The van der Waals surface area contributed by atoms with E-state index in [-0.39, 0.29) is 11.8 Å². The second kappa shape index (κ2) is 7.32. The topological polar surface area (TPSA) is 102 Å². The van der Waals surface area contributed by atoms with Gasteiger partial charge in [0.15, 0.2) is 11.0 Å². The molecular formula is C14H19N5O3S. The zero-order valence-corrected chi connectivity index (χ0v) is 14.2. The molecule has 0 saturated heterocycles. The van der Waals surface area contributed by atoms with Crippen LogP contribution in [0.4, 0.5) is 4.79 Å². The molecule has 9 heteroatoms. The summed E-state index contributed by atoms with van der Waals surface area (Å²) in [5.41, 5.74) is 0.854. The Morgan fingerprint density at radius 2 is 2.13 bits per heavy atom. The largest absolute Gasteiger partial charge is 0.469 e. The third kappa shape index (κ3) is 4.35. The fraction of sp³-hybridized carbons (Fsp3) is 0.429. The summed E-state index contributed by atoms with van der Waals surface area (Å²) in [6.07, 6.45) is 1.59. The minimum atomic E-state index is -0.502. The van der Waals surface area contributed by atoms with Gasteiger partial charge in [-0.15, -0.1) is 10.2 Å². The van der Waals surface area contributed by atoms with Crippen LogP contribution in [0, 0.1) is 6.92 Å². The molecule has 2 heterocycles. The van der Waals surface area contributed by atoms with Gasteiger partial charge in [-0.25, -0.2) is 4.79 Å². The van der Waals surface area contributed by atoms with Crippen molar-refractivity contribution in [2.45, 2.75) is 32.0 Å². The summed E-state index contributed by atoms with van der Waals surface area (Å²) in [5.74, 6) is 1.09. The predicted molar refractivity (Wildman–Crippen MR) is 86.0 cm³/mol. The van der Waals surface area contributed by atoms with Crippen molar-refractivity contribution in [2.75, 3.05) is 5.75 Å². The van der Waals surface area contributed by atoms with Crippen molar-refractivity contribution >= 4 is 23.7 Å². The normalized spacial score (nSPS) is 10.8. The quantitative estimate of drug-likeness (QED) is 0.805. The summed E-state index contributed by atoms with van der Waals surface area (Å²) in [6, 6.07) is 1.28. The van der Waals surface area contributed by atoms with Crippen molar-refractivity contribution in [1.29, 1.82) is 0 Å². The van der Waals surface area contributed by atoms with Gasteiger partial charge in [-0.1, -0.05) is 11.8 Å². The maximum Gasteiger partial charge on any atom is 0.321 e. The van der Waals surface area contributed by atoms with Crippen molar-refractivity contribution in [1.82, 2.24) is 25.4 Å². The van der Waals surface area contributed by atoms with Crippen LogP contribution in [-0.2, 0) is 11.8 Å². The highest BCUT2D eigenvalue weighted by Gasteiger charge is 2.16. The van der Waals surface area contributed by atoms with E-state index in [2.05, 4.69) is 20.8 Å². The predicted octanol–water partition coefficient (Wildman–Crippen LogP) is 1.71. The third-order valence-electron chi connectivity index (χ3n) is 2.94. The number of aryl methyl sites for hydroxylation is 1. The Labute approximate surface area is 138 Å². The first-order valence-corrected chi connectivity index (χ1v) is 8.04. The van der Waals surface area contributed by atoms with E-state index in [1.807, 2.05) is 33.9 Å². The summed E-state index contributed by atoms with van der Waals surface area (Å²) in [5, 5.41) is 13.6. The van der Waals surface area contributed by atoms with Gasteiger partial charge in [-0.3, -0.25) is 10.1 Å². The SMILES string of the molecule is Cc1occc1-c1nnc(SCC(=O)NC(=O)NC(C)C)n1C. The minimum absolute atomic E-state index is 0.0325. The van der Waals surface area contributed by atoms with E-state index in [0.29, 0.717) is 11.0 Å². The van der Waals surface area contributed by atoms with Gasteiger partial charge >= 0.3 is 6.03 Å². The van der Waals surface area contributed by atoms with Crippen LogP contribution >= 0.6 is 11.8 Å². The molecule has 2 aromatic heterocycles. The van der Waals surface area contributed by atoms with Crippen molar-refractivity contribution in [3.05, 3.63) is 18.1 Å². The van der Waals surface area contributed by atoms with Gasteiger partial charge in [0.25, 0.3) is 0 Å². The molecule has 8 nitrogen and oxygen atoms in total. The molecule has 0 aliphatic rings. The third-order valence-corrected chi connectivity index (χ3v) is 3.96. The van der Waals surface area contributed by atoms with E-state index < -0.39 is 11.9 Å². The highest BCUT2D eigenvalue weighted by Crippen LogP contribution is 2.25. The molecule has 0 atom stereocenters. The highest BCUT2D eigenvalue weighted by atomic mass is 32.2. The Hall–Kier alpha value is -2.29. The van der Waals surface area contributed by atoms with Crippen LogP contribution < -0.4 is 10.6 Å².